The minimum Gasteiger partial charge on any atom is -0.444 e. The van der Waals surface area contributed by atoms with Crippen LogP contribution in [0.4, 0.5) is 9.59 Å². The second-order valence-corrected chi connectivity index (χ2v) is 9.33. The average molecular weight is 433 g/mol. The van der Waals surface area contributed by atoms with Crippen LogP contribution in [0.5, 0.6) is 0 Å². The lowest BCUT2D eigenvalue weighted by atomic mass is 9.94. The Labute approximate surface area is 183 Å². The summed E-state index contributed by atoms with van der Waals surface area (Å²) in [6.45, 7) is 9.12. The molecule has 1 aromatic carbocycles. The van der Waals surface area contributed by atoms with Crippen LogP contribution in [0.25, 0.3) is 0 Å². The highest BCUT2D eigenvalue weighted by Gasteiger charge is 2.47. The molecule has 2 heterocycles. The summed E-state index contributed by atoms with van der Waals surface area (Å²) in [4.78, 5) is 40.8. The zero-order valence-electron chi connectivity index (χ0n) is 18.8. The van der Waals surface area contributed by atoms with Gasteiger partial charge in [-0.15, -0.1) is 0 Å². The van der Waals surface area contributed by atoms with E-state index < -0.39 is 53.9 Å². The minimum absolute atomic E-state index is 0.454. The minimum atomic E-state index is -1.13. The van der Waals surface area contributed by atoms with Gasteiger partial charge in [0.25, 0.3) is 0 Å². The van der Waals surface area contributed by atoms with E-state index in [-0.39, 0.29) is 0 Å². The summed E-state index contributed by atoms with van der Waals surface area (Å²) in [5, 5.41) is 11.0. The van der Waals surface area contributed by atoms with Gasteiger partial charge >= 0.3 is 12.2 Å². The quantitative estimate of drug-likeness (QED) is 0.782. The van der Waals surface area contributed by atoms with Gasteiger partial charge < -0.3 is 19.5 Å². The Morgan fingerprint density at radius 2 is 1.87 bits per heavy atom. The van der Waals surface area contributed by atoms with Crippen molar-refractivity contribution in [3.63, 3.8) is 0 Å². The van der Waals surface area contributed by atoms with E-state index in [2.05, 4.69) is 0 Å². The molecule has 0 bridgehead atoms. The van der Waals surface area contributed by atoms with Crippen LogP contribution >= 0.6 is 0 Å². The standard InChI is InChI=1S/C23H32N2O6/c1-14(18(26)17-12-9-13-24(17)21(28)31-23(3,4)5)20(27)25-15(2)19(30-22(25)29)16-10-7-6-8-11-16/h6-8,10-11,14-15,17-19,26H,9,12-13H2,1-5H3/t14-,15-,17+,18-,19-/m1/s1. The van der Waals surface area contributed by atoms with E-state index in [9.17, 15) is 19.5 Å². The van der Waals surface area contributed by atoms with Crippen LogP contribution in [0.15, 0.2) is 30.3 Å². The van der Waals surface area contributed by atoms with E-state index in [0.29, 0.717) is 19.4 Å². The molecule has 0 radical (unpaired) electrons. The zero-order chi connectivity index (χ0) is 22.9. The fraction of sp³-hybridized carbons (Fsp3) is 0.609. The lowest BCUT2D eigenvalue weighted by Crippen LogP contribution is -2.51. The number of carbonyl (C=O) groups is 3. The van der Waals surface area contributed by atoms with Crippen molar-refractivity contribution in [2.45, 2.75) is 77.4 Å². The third-order valence-corrected chi connectivity index (χ3v) is 5.86. The zero-order valence-corrected chi connectivity index (χ0v) is 18.8. The van der Waals surface area contributed by atoms with E-state index >= 15 is 0 Å². The summed E-state index contributed by atoms with van der Waals surface area (Å²) in [6, 6.07) is 8.19. The molecule has 1 N–H and O–H groups in total. The highest BCUT2D eigenvalue weighted by molar-refractivity contribution is 5.95. The average Bonchev–Trinajstić information content (AvgIpc) is 3.30. The van der Waals surface area contributed by atoms with Gasteiger partial charge in [0.15, 0.2) is 0 Å². The van der Waals surface area contributed by atoms with E-state index in [1.165, 1.54) is 4.90 Å². The number of amides is 3. The number of carbonyl (C=O) groups excluding carboxylic acids is 3. The molecule has 0 aliphatic carbocycles. The van der Waals surface area contributed by atoms with E-state index in [0.717, 1.165) is 10.5 Å². The molecule has 170 valence electrons. The molecule has 8 nitrogen and oxygen atoms in total. The largest absolute Gasteiger partial charge is 0.444 e. The Bertz CT molecular complexity index is 821. The third-order valence-electron chi connectivity index (χ3n) is 5.86. The van der Waals surface area contributed by atoms with Gasteiger partial charge in [-0.1, -0.05) is 37.3 Å². The molecule has 2 aliphatic heterocycles. The summed E-state index contributed by atoms with van der Waals surface area (Å²) < 4.78 is 10.9. The lowest BCUT2D eigenvalue weighted by Gasteiger charge is -2.34. The van der Waals surface area contributed by atoms with Gasteiger partial charge in [0.05, 0.1) is 24.1 Å². The molecular weight excluding hydrogens is 400 g/mol. The summed E-state index contributed by atoms with van der Waals surface area (Å²) in [5.74, 6) is -1.41. The first kappa shape index (κ1) is 23.1. The highest BCUT2D eigenvalue weighted by atomic mass is 16.6. The predicted octanol–water partition coefficient (Wildman–Crippen LogP) is 3.49. The van der Waals surface area contributed by atoms with Crippen molar-refractivity contribution < 1.29 is 29.0 Å². The molecular formula is C23H32N2O6. The van der Waals surface area contributed by atoms with Crippen molar-refractivity contribution in [2.75, 3.05) is 6.54 Å². The second-order valence-electron chi connectivity index (χ2n) is 9.33. The molecule has 0 spiro atoms. The molecule has 3 rings (SSSR count). The van der Waals surface area contributed by atoms with Gasteiger partial charge in [0, 0.05) is 6.54 Å². The van der Waals surface area contributed by atoms with E-state index in [4.69, 9.17) is 9.47 Å². The van der Waals surface area contributed by atoms with Gasteiger partial charge in [-0.25, -0.2) is 14.5 Å². The highest BCUT2D eigenvalue weighted by Crippen LogP contribution is 2.34. The lowest BCUT2D eigenvalue weighted by molar-refractivity contribution is -0.137. The summed E-state index contributed by atoms with van der Waals surface area (Å²) >= 11 is 0. The van der Waals surface area contributed by atoms with Crippen molar-refractivity contribution in [2.24, 2.45) is 5.92 Å². The molecule has 0 saturated carbocycles. The fourth-order valence-electron chi connectivity index (χ4n) is 4.24. The molecule has 2 saturated heterocycles. The first-order chi connectivity index (χ1) is 14.5. The van der Waals surface area contributed by atoms with Crippen molar-refractivity contribution in [3.05, 3.63) is 35.9 Å². The first-order valence-corrected chi connectivity index (χ1v) is 10.8. The monoisotopic (exact) mass is 432 g/mol. The maximum atomic E-state index is 13.2. The van der Waals surface area contributed by atoms with Crippen molar-refractivity contribution in [3.8, 4) is 0 Å². The number of aliphatic hydroxyl groups excluding tert-OH is 1. The van der Waals surface area contributed by atoms with Crippen LogP contribution in [-0.2, 0) is 14.3 Å². The normalized spacial score (nSPS) is 25.9. The van der Waals surface area contributed by atoms with Crippen LogP contribution in [-0.4, -0.2) is 63.3 Å². The molecule has 0 aromatic heterocycles. The SMILES string of the molecule is C[C@@H]1[C@H](c2ccccc2)OC(=O)N1C(=O)[C@H](C)[C@@H](O)[C@@H]1CCCN1C(=O)OC(C)(C)C. The number of aliphatic hydroxyl groups is 1. The number of imide groups is 1. The Kier molecular flexibility index (Phi) is 6.59. The second kappa shape index (κ2) is 8.86. The van der Waals surface area contributed by atoms with Crippen molar-refractivity contribution in [1.82, 2.24) is 9.80 Å². The number of ether oxygens (including phenoxy) is 2. The molecule has 2 aliphatic rings. The van der Waals surface area contributed by atoms with Crippen LogP contribution in [0, 0.1) is 5.92 Å². The molecule has 2 fully saturated rings. The number of nitrogens with zero attached hydrogens (tertiary/aromatic N) is 2. The maximum absolute atomic E-state index is 13.2. The van der Waals surface area contributed by atoms with E-state index in [1.54, 1.807) is 34.6 Å². The molecule has 3 amide bonds. The van der Waals surface area contributed by atoms with Gasteiger partial charge in [-0.3, -0.25) is 4.79 Å². The van der Waals surface area contributed by atoms with Gasteiger partial charge in [0.1, 0.15) is 11.7 Å². The topological polar surface area (TPSA) is 96.4 Å². The third kappa shape index (κ3) is 4.84. The van der Waals surface area contributed by atoms with Gasteiger partial charge in [-0.2, -0.15) is 0 Å². The Morgan fingerprint density at radius 1 is 1.23 bits per heavy atom. The number of hydrogen-bond acceptors (Lipinski definition) is 6. The van der Waals surface area contributed by atoms with Crippen LogP contribution in [0.1, 0.15) is 59.1 Å². The molecule has 0 unspecified atom stereocenters. The summed E-state index contributed by atoms with van der Waals surface area (Å²) in [5.41, 5.74) is 0.149. The Balaban J connectivity index is 1.71. The number of likely N-dealkylation sites (tertiary alicyclic amines) is 1. The van der Waals surface area contributed by atoms with Crippen LogP contribution in [0.2, 0.25) is 0 Å². The first-order valence-electron chi connectivity index (χ1n) is 10.8. The molecule has 1 aromatic rings. The van der Waals surface area contributed by atoms with Crippen molar-refractivity contribution in [1.29, 1.82) is 0 Å². The summed E-state index contributed by atoms with van der Waals surface area (Å²) in [7, 11) is 0. The number of benzene rings is 1. The fourth-order valence-corrected chi connectivity index (χ4v) is 4.24. The Morgan fingerprint density at radius 3 is 2.48 bits per heavy atom. The summed E-state index contributed by atoms with van der Waals surface area (Å²) in [6.07, 6.45) is -1.65. The van der Waals surface area contributed by atoms with Crippen LogP contribution < -0.4 is 0 Å². The van der Waals surface area contributed by atoms with Crippen LogP contribution in [0.3, 0.4) is 0 Å². The maximum Gasteiger partial charge on any atom is 0.417 e. The molecule has 8 heteroatoms. The van der Waals surface area contributed by atoms with Gasteiger partial charge in [-0.05, 0) is 46.1 Å². The smallest absolute Gasteiger partial charge is 0.417 e. The van der Waals surface area contributed by atoms with E-state index in [1.807, 2.05) is 30.3 Å². The number of rotatable bonds is 4. The number of cyclic esters (lactones) is 1. The molecule has 31 heavy (non-hydrogen) atoms. The number of hydrogen-bond donors (Lipinski definition) is 1. The molecule has 5 atom stereocenters. The van der Waals surface area contributed by atoms with Gasteiger partial charge in [0.2, 0.25) is 5.91 Å². The predicted molar refractivity (Wildman–Crippen MR) is 113 cm³/mol. The van der Waals surface area contributed by atoms with Crippen molar-refractivity contribution >= 4 is 18.1 Å². The Hall–Kier alpha value is -2.61.